The van der Waals surface area contributed by atoms with Crippen molar-refractivity contribution < 1.29 is 19.1 Å². The molecular weight excluding hydrogens is 352 g/mol. The Morgan fingerprint density at radius 1 is 1.19 bits per heavy atom. The van der Waals surface area contributed by atoms with Crippen LogP contribution in [0.2, 0.25) is 0 Å². The average Bonchev–Trinajstić information content (AvgIpc) is 3.33. The van der Waals surface area contributed by atoms with Gasteiger partial charge in [-0.15, -0.1) is 0 Å². The number of rotatable bonds is 3. The van der Waals surface area contributed by atoms with Gasteiger partial charge in [0.1, 0.15) is 0 Å². The first kappa shape index (κ1) is 15.6. The summed E-state index contributed by atoms with van der Waals surface area (Å²) in [6.07, 6.45) is 0.900. The van der Waals surface area contributed by atoms with E-state index in [1.165, 1.54) is 11.8 Å². The van der Waals surface area contributed by atoms with Crippen molar-refractivity contribution in [2.45, 2.75) is 29.2 Å². The maximum absolute atomic E-state index is 13.1. The second-order valence-corrected chi connectivity index (χ2v) is 7.77. The van der Waals surface area contributed by atoms with Crippen LogP contribution >= 0.6 is 11.8 Å². The van der Waals surface area contributed by atoms with E-state index in [1.807, 2.05) is 42.5 Å². The highest BCUT2D eigenvalue weighted by molar-refractivity contribution is 8.02. The van der Waals surface area contributed by atoms with Crippen molar-refractivity contribution in [3.8, 4) is 11.5 Å². The van der Waals surface area contributed by atoms with E-state index in [2.05, 4.69) is 5.32 Å². The molecule has 0 saturated carbocycles. The number of carbonyl (C=O) groups excluding carboxylic acids is 2. The monoisotopic (exact) mass is 368 g/mol. The molecule has 2 aromatic carbocycles. The molecule has 3 heterocycles. The molecule has 7 heteroatoms. The number of nitrogens with zero attached hydrogens (tertiary/aromatic N) is 1. The normalized spacial score (nSPS) is 22.3. The zero-order valence-corrected chi connectivity index (χ0v) is 14.7. The van der Waals surface area contributed by atoms with Gasteiger partial charge in [0.2, 0.25) is 12.7 Å². The lowest BCUT2D eigenvalue weighted by Gasteiger charge is -2.29. The lowest BCUT2D eigenvalue weighted by atomic mass is 10.1. The van der Waals surface area contributed by atoms with Crippen LogP contribution in [0.1, 0.15) is 18.4 Å². The molecule has 3 aliphatic heterocycles. The van der Waals surface area contributed by atoms with Gasteiger partial charge in [-0.25, -0.2) is 0 Å². The lowest BCUT2D eigenvalue weighted by molar-refractivity contribution is -0.124. The highest BCUT2D eigenvalue weighted by Crippen LogP contribution is 2.55. The van der Waals surface area contributed by atoms with E-state index in [4.69, 9.17) is 9.47 Å². The van der Waals surface area contributed by atoms with Crippen LogP contribution in [0.15, 0.2) is 47.4 Å². The Balaban J connectivity index is 1.38. The van der Waals surface area contributed by atoms with Crippen molar-refractivity contribution in [2.24, 2.45) is 0 Å². The zero-order chi connectivity index (χ0) is 17.7. The van der Waals surface area contributed by atoms with Crippen molar-refractivity contribution in [1.29, 1.82) is 0 Å². The van der Waals surface area contributed by atoms with E-state index >= 15 is 0 Å². The molecule has 1 saturated heterocycles. The molecule has 1 atom stereocenters. The summed E-state index contributed by atoms with van der Waals surface area (Å²) in [5.41, 5.74) is 1.76. The van der Waals surface area contributed by atoms with Crippen LogP contribution in [0.25, 0.3) is 0 Å². The first-order valence-corrected chi connectivity index (χ1v) is 9.27. The molecule has 0 spiro atoms. The van der Waals surface area contributed by atoms with Crippen molar-refractivity contribution >= 4 is 29.3 Å². The average molecular weight is 368 g/mol. The molecule has 2 amide bonds. The number of thioether (sulfide) groups is 1. The molecular formula is C19H16N2O4S. The molecule has 1 unspecified atom stereocenters. The van der Waals surface area contributed by atoms with Crippen LogP contribution in [-0.2, 0) is 16.1 Å². The molecule has 1 N–H and O–H groups in total. The predicted molar refractivity (Wildman–Crippen MR) is 96.2 cm³/mol. The third kappa shape index (κ3) is 2.20. The summed E-state index contributed by atoms with van der Waals surface area (Å²) in [6.45, 7) is 0.594. The fourth-order valence-corrected chi connectivity index (χ4v) is 5.10. The maximum atomic E-state index is 13.1. The van der Waals surface area contributed by atoms with Crippen molar-refractivity contribution in [3.05, 3.63) is 48.0 Å². The Morgan fingerprint density at radius 3 is 2.96 bits per heavy atom. The molecule has 2 aromatic rings. The standard InChI is InChI=1S/C19H16N2O4S/c22-17-7-8-19(21(17)13-3-1-2-4-16(13)26-19)18(23)20-10-12-5-6-14-15(9-12)25-11-24-14/h1-6,9H,7-8,10-11H2,(H,20,23). The van der Waals surface area contributed by atoms with Crippen LogP contribution in [0.4, 0.5) is 5.69 Å². The van der Waals surface area contributed by atoms with Crippen LogP contribution in [0.5, 0.6) is 11.5 Å². The molecule has 26 heavy (non-hydrogen) atoms. The Hall–Kier alpha value is -2.67. The van der Waals surface area contributed by atoms with Gasteiger partial charge in [0, 0.05) is 17.9 Å². The van der Waals surface area contributed by atoms with Gasteiger partial charge in [0.25, 0.3) is 5.91 Å². The number of amides is 2. The molecule has 0 bridgehead atoms. The number of para-hydroxylation sites is 1. The van der Waals surface area contributed by atoms with Crippen LogP contribution in [0.3, 0.4) is 0 Å². The van der Waals surface area contributed by atoms with E-state index in [0.717, 1.165) is 16.1 Å². The van der Waals surface area contributed by atoms with Gasteiger partial charge in [0.05, 0.1) is 5.69 Å². The van der Waals surface area contributed by atoms with E-state index < -0.39 is 4.87 Å². The Kier molecular flexibility index (Phi) is 3.40. The highest BCUT2D eigenvalue weighted by atomic mass is 32.2. The number of nitrogens with one attached hydrogen (secondary N) is 1. The van der Waals surface area contributed by atoms with Crippen molar-refractivity contribution in [2.75, 3.05) is 11.7 Å². The molecule has 0 aromatic heterocycles. The molecule has 5 rings (SSSR count). The minimum atomic E-state index is -0.878. The summed E-state index contributed by atoms with van der Waals surface area (Å²) in [6, 6.07) is 13.3. The molecule has 0 radical (unpaired) electrons. The summed E-state index contributed by atoms with van der Waals surface area (Å²) in [5.74, 6) is 1.27. The number of ether oxygens (including phenoxy) is 2. The SMILES string of the molecule is O=C1CCC2(C(=O)NCc3ccc4c(c3)OCO4)Sc3ccccc3N12. The van der Waals surface area contributed by atoms with E-state index in [1.54, 1.807) is 4.90 Å². The van der Waals surface area contributed by atoms with Crippen LogP contribution in [-0.4, -0.2) is 23.5 Å². The summed E-state index contributed by atoms with van der Waals surface area (Å²) in [4.78, 5) is 27.3. The fourth-order valence-electron chi connectivity index (χ4n) is 3.67. The Labute approximate surface area is 154 Å². The van der Waals surface area contributed by atoms with Gasteiger partial charge in [-0.3, -0.25) is 14.5 Å². The zero-order valence-electron chi connectivity index (χ0n) is 13.9. The van der Waals surface area contributed by atoms with Crippen molar-refractivity contribution in [3.63, 3.8) is 0 Å². The van der Waals surface area contributed by atoms with E-state index in [9.17, 15) is 9.59 Å². The molecule has 1 fully saturated rings. The first-order valence-electron chi connectivity index (χ1n) is 8.45. The van der Waals surface area contributed by atoms with Gasteiger partial charge < -0.3 is 14.8 Å². The molecule has 6 nitrogen and oxygen atoms in total. The molecule has 3 aliphatic rings. The second-order valence-electron chi connectivity index (χ2n) is 6.45. The number of anilines is 1. The van der Waals surface area contributed by atoms with Gasteiger partial charge in [0.15, 0.2) is 16.4 Å². The Morgan fingerprint density at radius 2 is 2.04 bits per heavy atom. The molecule has 0 aliphatic carbocycles. The van der Waals surface area contributed by atoms with Gasteiger partial charge >= 0.3 is 0 Å². The third-order valence-corrected chi connectivity index (χ3v) is 6.39. The summed E-state index contributed by atoms with van der Waals surface area (Å²) < 4.78 is 10.7. The highest BCUT2D eigenvalue weighted by Gasteiger charge is 2.57. The third-order valence-electron chi connectivity index (χ3n) is 4.92. The Bertz CT molecular complexity index is 932. The lowest BCUT2D eigenvalue weighted by Crippen LogP contribution is -2.52. The summed E-state index contributed by atoms with van der Waals surface area (Å²) >= 11 is 1.47. The molecule has 132 valence electrons. The largest absolute Gasteiger partial charge is 0.454 e. The number of hydrogen-bond acceptors (Lipinski definition) is 5. The fraction of sp³-hybridized carbons (Fsp3) is 0.263. The number of fused-ring (bicyclic) bond motifs is 4. The number of carbonyl (C=O) groups is 2. The quantitative estimate of drug-likeness (QED) is 0.902. The van der Waals surface area contributed by atoms with E-state index in [-0.39, 0.29) is 18.6 Å². The topological polar surface area (TPSA) is 67.9 Å². The first-order chi connectivity index (χ1) is 12.7. The summed E-state index contributed by atoms with van der Waals surface area (Å²) in [7, 11) is 0. The van der Waals surface area contributed by atoms with Crippen LogP contribution < -0.4 is 19.7 Å². The van der Waals surface area contributed by atoms with Gasteiger partial charge in [-0.1, -0.05) is 30.0 Å². The van der Waals surface area contributed by atoms with E-state index in [0.29, 0.717) is 30.9 Å². The minimum Gasteiger partial charge on any atom is -0.454 e. The predicted octanol–water partition coefficient (Wildman–Crippen LogP) is 2.66. The van der Waals surface area contributed by atoms with Crippen LogP contribution in [0, 0.1) is 0 Å². The van der Waals surface area contributed by atoms with Crippen molar-refractivity contribution in [1.82, 2.24) is 5.32 Å². The minimum absolute atomic E-state index is 0.000629. The number of hydrogen-bond donors (Lipinski definition) is 1. The number of benzene rings is 2. The van der Waals surface area contributed by atoms with Gasteiger partial charge in [-0.05, 0) is 36.2 Å². The van der Waals surface area contributed by atoms with Gasteiger partial charge in [-0.2, -0.15) is 0 Å². The maximum Gasteiger partial charge on any atom is 0.257 e. The smallest absolute Gasteiger partial charge is 0.257 e. The summed E-state index contributed by atoms with van der Waals surface area (Å²) in [5, 5.41) is 3.00. The second kappa shape index (κ2) is 5.67.